The molecule has 3 aromatic rings. The summed E-state index contributed by atoms with van der Waals surface area (Å²) in [7, 11) is 5.97. The Morgan fingerprint density at radius 1 is 0.677 bits per heavy atom. The molecule has 6 bridgehead atoms. The van der Waals surface area contributed by atoms with E-state index in [1.165, 1.54) is 63.7 Å². The maximum absolute atomic E-state index is 14.8. The van der Waals surface area contributed by atoms with E-state index < -0.39 is 71.7 Å². The minimum Gasteiger partial charge on any atom is -0.497 e. The highest BCUT2D eigenvalue weighted by Crippen LogP contribution is 2.34. The second-order valence-electron chi connectivity index (χ2n) is 16.0. The number of rotatable bonds is 9. The standard InChI is InChI=1S/C46H61N7O9/c1-10-53(11-2)21-22-61-39-20-17-33-25-37-42(55)47-28(3)41(54)48-29(4)44(57)50(6)36(24-31-15-18-34(60-9)19-16-31)43(56)49-30(5)45(58)52(8)38(46(59)51(37)7)26-32-13-12-14-35(23-32)62-40(39)27-33/h12-20,23,27-30,36-38H,10-11,21-22,24-26H2,1-9H3,(H,47,55)(H,48,54)(H,49,56)/t28-,29+,30-,36+,37+,38+/m1/s1. The number of methoxy groups -OCH3 is 1. The Balaban J connectivity index is 1.56. The molecule has 0 aliphatic carbocycles. The fourth-order valence-electron chi connectivity index (χ4n) is 7.65. The number of hydrogen-bond acceptors (Lipinski definition) is 10. The van der Waals surface area contributed by atoms with Crippen molar-refractivity contribution in [3.8, 4) is 23.0 Å². The van der Waals surface area contributed by atoms with Crippen LogP contribution in [-0.4, -0.2) is 146 Å². The van der Waals surface area contributed by atoms with Crippen molar-refractivity contribution in [3.63, 3.8) is 0 Å². The predicted octanol–water partition coefficient (Wildman–Crippen LogP) is 2.56. The van der Waals surface area contributed by atoms with E-state index in [0.717, 1.165) is 13.1 Å². The van der Waals surface area contributed by atoms with Crippen LogP contribution in [0.3, 0.4) is 0 Å². The van der Waals surface area contributed by atoms with Crippen molar-refractivity contribution in [2.75, 3.05) is 54.5 Å². The van der Waals surface area contributed by atoms with Crippen LogP contribution in [0.15, 0.2) is 66.7 Å². The Hall–Kier alpha value is -6.16. The van der Waals surface area contributed by atoms with Crippen molar-refractivity contribution >= 4 is 35.4 Å². The third-order valence-corrected chi connectivity index (χ3v) is 11.7. The smallest absolute Gasteiger partial charge is 0.246 e. The van der Waals surface area contributed by atoms with E-state index in [1.54, 1.807) is 60.7 Å². The van der Waals surface area contributed by atoms with Gasteiger partial charge in [-0.1, -0.05) is 44.2 Å². The lowest BCUT2D eigenvalue weighted by atomic mass is 9.99. The summed E-state index contributed by atoms with van der Waals surface area (Å²) in [4.78, 5) is 91.3. The molecule has 6 atom stereocenters. The van der Waals surface area contributed by atoms with Crippen LogP contribution in [0.2, 0.25) is 0 Å². The van der Waals surface area contributed by atoms with Crippen LogP contribution in [0.25, 0.3) is 0 Å². The highest BCUT2D eigenvalue weighted by Gasteiger charge is 2.39. The van der Waals surface area contributed by atoms with Gasteiger partial charge in [0.05, 0.1) is 7.11 Å². The molecule has 0 aromatic heterocycles. The van der Waals surface area contributed by atoms with Gasteiger partial charge >= 0.3 is 0 Å². The Morgan fingerprint density at radius 2 is 1.27 bits per heavy atom. The first kappa shape index (κ1) is 46.9. The molecular formula is C46H61N7O9. The first-order valence-electron chi connectivity index (χ1n) is 21.1. The second-order valence-corrected chi connectivity index (χ2v) is 16.0. The molecule has 2 aliphatic heterocycles. The molecule has 16 heteroatoms. The topological polar surface area (TPSA) is 179 Å². The second kappa shape index (κ2) is 21.1. The number of carbonyl (C=O) groups excluding carboxylic acids is 6. The molecule has 1 fully saturated rings. The molecule has 0 radical (unpaired) electrons. The predicted molar refractivity (Wildman–Crippen MR) is 233 cm³/mol. The van der Waals surface area contributed by atoms with Gasteiger partial charge in [0.25, 0.3) is 0 Å². The van der Waals surface area contributed by atoms with Crippen LogP contribution in [0, 0.1) is 0 Å². The molecule has 2 heterocycles. The van der Waals surface area contributed by atoms with Gasteiger partial charge in [0.15, 0.2) is 11.5 Å². The van der Waals surface area contributed by atoms with E-state index in [1.807, 2.05) is 6.07 Å². The molecule has 0 unspecified atom stereocenters. The summed E-state index contributed by atoms with van der Waals surface area (Å²) in [5.74, 6) is -1.62. The lowest BCUT2D eigenvalue weighted by Crippen LogP contribution is -2.61. The molecular weight excluding hydrogens is 795 g/mol. The first-order valence-corrected chi connectivity index (χ1v) is 21.1. The number of amides is 6. The molecule has 5 rings (SSSR count). The van der Waals surface area contributed by atoms with E-state index >= 15 is 0 Å². The largest absolute Gasteiger partial charge is 0.497 e. The number of nitrogens with zero attached hydrogens (tertiary/aromatic N) is 4. The van der Waals surface area contributed by atoms with Gasteiger partial charge in [-0.15, -0.1) is 0 Å². The lowest BCUT2D eigenvalue weighted by molar-refractivity contribution is -0.149. The van der Waals surface area contributed by atoms with Gasteiger partial charge < -0.3 is 49.8 Å². The monoisotopic (exact) mass is 855 g/mol. The molecule has 16 nitrogen and oxygen atoms in total. The molecule has 3 aromatic carbocycles. The van der Waals surface area contributed by atoms with Gasteiger partial charge in [-0.05, 0) is 86.9 Å². The Labute approximate surface area is 364 Å². The van der Waals surface area contributed by atoms with Gasteiger partial charge in [0.2, 0.25) is 35.4 Å². The zero-order valence-electron chi connectivity index (χ0n) is 37.2. The lowest BCUT2D eigenvalue weighted by Gasteiger charge is -2.36. The highest BCUT2D eigenvalue weighted by atomic mass is 16.5. The molecule has 2 aliphatic rings. The summed E-state index contributed by atoms with van der Waals surface area (Å²) >= 11 is 0. The fraction of sp³-hybridized carbons (Fsp3) is 0.478. The van der Waals surface area contributed by atoms with Gasteiger partial charge in [0, 0.05) is 47.0 Å². The number of benzene rings is 3. The van der Waals surface area contributed by atoms with Crippen LogP contribution in [0.1, 0.15) is 51.3 Å². The molecule has 1 saturated heterocycles. The Kier molecular flexibility index (Phi) is 15.9. The van der Waals surface area contributed by atoms with Crippen molar-refractivity contribution in [3.05, 3.63) is 83.4 Å². The molecule has 6 amide bonds. The number of nitrogens with one attached hydrogen (secondary N) is 3. The average molecular weight is 856 g/mol. The summed E-state index contributed by atoms with van der Waals surface area (Å²) in [5.41, 5.74) is 2.00. The highest BCUT2D eigenvalue weighted by molar-refractivity contribution is 5.98. The van der Waals surface area contributed by atoms with Crippen molar-refractivity contribution in [2.45, 2.75) is 90.1 Å². The number of carbonyl (C=O) groups is 6. The number of ether oxygens (including phenoxy) is 3. The van der Waals surface area contributed by atoms with Crippen LogP contribution in [0.4, 0.5) is 0 Å². The van der Waals surface area contributed by atoms with E-state index in [2.05, 4.69) is 34.7 Å². The molecule has 3 N–H and O–H groups in total. The van der Waals surface area contributed by atoms with Crippen LogP contribution < -0.4 is 30.2 Å². The van der Waals surface area contributed by atoms with Crippen LogP contribution in [-0.2, 0) is 48.0 Å². The molecule has 0 spiro atoms. The summed E-state index contributed by atoms with van der Waals surface area (Å²) in [6.07, 6.45) is 0.0960. The van der Waals surface area contributed by atoms with E-state index in [9.17, 15) is 28.8 Å². The molecule has 334 valence electrons. The van der Waals surface area contributed by atoms with E-state index in [-0.39, 0.29) is 19.3 Å². The van der Waals surface area contributed by atoms with E-state index in [4.69, 9.17) is 14.2 Å². The summed E-state index contributed by atoms with van der Waals surface area (Å²) in [6, 6.07) is 12.7. The van der Waals surface area contributed by atoms with Gasteiger partial charge in [-0.2, -0.15) is 0 Å². The Morgan fingerprint density at radius 3 is 1.94 bits per heavy atom. The van der Waals surface area contributed by atoms with Crippen molar-refractivity contribution < 1.29 is 43.0 Å². The minimum absolute atomic E-state index is 0.00217. The fourth-order valence-corrected chi connectivity index (χ4v) is 7.65. The quantitative estimate of drug-likeness (QED) is 0.290. The average Bonchev–Trinajstić information content (AvgIpc) is 3.26. The van der Waals surface area contributed by atoms with Crippen LogP contribution >= 0.6 is 0 Å². The van der Waals surface area contributed by atoms with Gasteiger partial charge in [0.1, 0.15) is 54.4 Å². The summed E-state index contributed by atoms with van der Waals surface area (Å²) in [5, 5.41) is 8.22. The number of fused-ring (bicyclic) bond motifs is 7. The zero-order chi connectivity index (χ0) is 45.2. The van der Waals surface area contributed by atoms with Gasteiger partial charge in [-0.3, -0.25) is 28.8 Å². The van der Waals surface area contributed by atoms with Gasteiger partial charge in [-0.25, -0.2) is 0 Å². The van der Waals surface area contributed by atoms with Crippen molar-refractivity contribution in [2.24, 2.45) is 0 Å². The Bertz CT molecular complexity index is 2090. The van der Waals surface area contributed by atoms with Crippen LogP contribution in [0.5, 0.6) is 23.0 Å². The zero-order valence-corrected chi connectivity index (χ0v) is 37.2. The third kappa shape index (κ3) is 11.4. The maximum Gasteiger partial charge on any atom is 0.246 e. The first-order chi connectivity index (χ1) is 29.5. The third-order valence-electron chi connectivity index (χ3n) is 11.7. The number of hydrogen-bond donors (Lipinski definition) is 3. The normalized spacial score (nSPS) is 23.2. The molecule has 62 heavy (non-hydrogen) atoms. The van der Waals surface area contributed by atoms with E-state index in [0.29, 0.717) is 52.8 Å². The number of likely N-dealkylation sites (N-methyl/N-ethyl adjacent to an activating group) is 4. The summed E-state index contributed by atoms with van der Waals surface area (Å²) in [6.45, 7) is 11.5. The molecule has 0 saturated carbocycles. The summed E-state index contributed by atoms with van der Waals surface area (Å²) < 4.78 is 18.0. The van der Waals surface area contributed by atoms with Crippen molar-refractivity contribution in [1.29, 1.82) is 0 Å². The SMILES string of the molecule is CCN(CC)CCOc1ccc2cc1Oc1cccc(c1)C[C@H]1C(=O)N(C)[C@@H](C2)C(=O)N[C@H](C)C(=O)N[C@@H](C)C(=O)N(C)[C@@H](Cc2ccc(OC)cc2)C(=O)N[C@H](C)C(=O)N1C. The van der Waals surface area contributed by atoms with Crippen molar-refractivity contribution in [1.82, 2.24) is 35.6 Å². The maximum atomic E-state index is 14.8. The minimum atomic E-state index is -1.17.